The third-order valence-corrected chi connectivity index (χ3v) is 4.30. The van der Waals surface area contributed by atoms with Gasteiger partial charge in [0.25, 0.3) is 0 Å². The average molecular weight is 261 g/mol. The van der Waals surface area contributed by atoms with Crippen LogP contribution in [-0.4, -0.2) is 19.8 Å². The highest BCUT2D eigenvalue weighted by molar-refractivity contribution is 5.48. The molecule has 1 heterocycles. The summed E-state index contributed by atoms with van der Waals surface area (Å²) in [6.45, 7) is 6.40. The number of fused-ring (bicyclic) bond motifs is 1. The van der Waals surface area contributed by atoms with Gasteiger partial charge in [-0.05, 0) is 43.9 Å². The second kappa shape index (κ2) is 5.04. The van der Waals surface area contributed by atoms with Gasteiger partial charge >= 0.3 is 0 Å². The minimum Gasteiger partial charge on any atom is -0.496 e. The summed E-state index contributed by atoms with van der Waals surface area (Å²) in [4.78, 5) is 0. The van der Waals surface area contributed by atoms with E-state index in [9.17, 15) is 0 Å². The van der Waals surface area contributed by atoms with E-state index in [0.717, 1.165) is 42.8 Å². The van der Waals surface area contributed by atoms with Gasteiger partial charge in [0.1, 0.15) is 17.6 Å². The van der Waals surface area contributed by atoms with E-state index in [2.05, 4.69) is 31.3 Å². The Morgan fingerprint density at radius 2 is 2.16 bits per heavy atom. The highest BCUT2D eigenvalue weighted by Crippen LogP contribution is 2.37. The number of benzene rings is 1. The number of methoxy groups -OCH3 is 1. The Balaban J connectivity index is 1.67. The SMILES string of the molecule is COc1cc2c(cc1CNCC1CC1C)OC(C)C2. The van der Waals surface area contributed by atoms with Crippen molar-refractivity contribution in [3.8, 4) is 11.5 Å². The first-order valence-electron chi connectivity index (χ1n) is 7.24. The summed E-state index contributed by atoms with van der Waals surface area (Å²) < 4.78 is 11.3. The molecular formula is C16H23NO2. The van der Waals surface area contributed by atoms with Crippen LogP contribution in [0.2, 0.25) is 0 Å². The van der Waals surface area contributed by atoms with Gasteiger partial charge in [0.2, 0.25) is 0 Å². The van der Waals surface area contributed by atoms with Gasteiger partial charge in [0, 0.05) is 24.1 Å². The van der Waals surface area contributed by atoms with Gasteiger partial charge in [-0.1, -0.05) is 6.92 Å². The third-order valence-electron chi connectivity index (χ3n) is 4.30. The fraction of sp³-hybridized carbons (Fsp3) is 0.625. The average Bonchev–Trinajstić information content (AvgIpc) is 2.95. The van der Waals surface area contributed by atoms with Crippen molar-refractivity contribution in [1.82, 2.24) is 5.32 Å². The van der Waals surface area contributed by atoms with Crippen molar-refractivity contribution in [2.45, 2.75) is 39.3 Å². The molecule has 3 atom stereocenters. The largest absolute Gasteiger partial charge is 0.496 e. The molecule has 3 nitrogen and oxygen atoms in total. The van der Waals surface area contributed by atoms with Crippen LogP contribution in [0.1, 0.15) is 31.4 Å². The van der Waals surface area contributed by atoms with Crippen molar-refractivity contribution in [2.24, 2.45) is 11.8 Å². The smallest absolute Gasteiger partial charge is 0.123 e. The van der Waals surface area contributed by atoms with E-state index >= 15 is 0 Å². The molecule has 1 aromatic rings. The molecule has 0 aromatic heterocycles. The highest BCUT2D eigenvalue weighted by atomic mass is 16.5. The molecule has 2 aliphatic rings. The molecule has 104 valence electrons. The minimum absolute atomic E-state index is 0.287. The van der Waals surface area contributed by atoms with Crippen LogP contribution < -0.4 is 14.8 Å². The second-order valence-electron chi connectivity index (χ2n) is 6.01. The Morgan fingerprint density at radius 1 is 1.37 bits per heavy atom. The lowest BCUT2D eigenvalue weighted by atomic mass is 10.1. The van der Waals surface area contributed by atoms with Crippen LogP contribution in [0.5, 0.6) is 11.5 Å². The van der Waals surface area contributed by atoms with E-state index in [1.807, 2.05) is 0 Å². The van der Waals surface area contributed by atoms with Crippen LogP contribution in [-0.2, 0) is 13.0 Å². The third kappa shape index (κ3) is 2.71. The number of rotatable bonds is 5. The maximum absolute atomic E-state index is 5.82. The van der Waals surface area contributed by atoms with E-state index in [1.165, 1.54) is 17.5 Å². The monoisotopic (exact) mass is 261 g/mol. The molecule has 1 aliphatic heterocycles. The van der Waals surface area contributed by atoms with Gasteiger partial charge in [0.15, 0.2) is 0 Å². The van der Waals surface area contributed by atoms with Crippen LogP contribution in [0.3, 0.4) is 0 Å². The number of nitrogens with one attached hydrogen (secondary N) is 1. The summed E-state index contributed by atoms with van der Waals surface area (Å²) in [5.74, 6) is 3.79. The first-order valence-corrected chi connectivity index (χ1v) is 7.24. The van der Waals surface area contributed by atoms with Crippen molar-refractivity contribution in [3.63, 3.8) is 0 Å². The number of hydrogen-bond donors (Lipinski definition) is 1. The van der Waals surface area contributed by atoms with Crippen LogP contribution in [0.4, 0.5) is 0 Å². The summed E-state index contributed by atoms with van der Waals surface area (Å²) in [6, 6.07) is 4.27. The molecule has 3 unspecified atom stereocenters. The zero-order chi connectivity index (χ0) is 13.4. The van der Waals surface area contributed by atoms with Crippen LogP contribution in [0.25, 0.3) is 0 Å². The maximum atomic E-state index is 5.82. The van der Waals surface area contributed by atoms with Crippen molar-refractivity contribution in [3.05, 3.63) is 23.3 Å². The van der Waals surface area contributed by atoms with E-state index in [1.54, 1.807) is 7.11 Å². The normalized spacial score (nSPS) is 27.8. The van der Waals surface area contributed by atoms with Crippen molar-refractivity contribution < 1.29 is 9.47 Å². The standard InChI is InChI=1S/C16H23NO2/c1-10-4-13(10)8-17-9-14-7-16-12(5-11(2)19-16)6-15(14)18-3/h6-7,10-11,13,17H,4-5,8-9H2,1-3H3. The molecule has 3 rings (SSSR count). The van der Waals surface area contributed by atoms with Crippen LogP contribution >= 0.6 is 0 Å². The Labute approximate surface area is 115 Å². The van der Waals surface area contributed by atoms with Gasteiger partial charge in [-0.25, -0.2) is 0 Å². The molecule has 0 spiro atoms. The molecule has 1 aliphatic carbocycles. The number of ether oxygens (including phenoxy) is 2. The molecule has 1 aromatic carbocycles. The first-order chi connectivity index (χ1) is 9.17. The molecule has 1 saturated carbocycles. The molecule has 0 bridgehead atoms. The van der Waals surface area contributed by atoms with E-state index < -0.39 is 0 Å². The van der Waals surface area contributed by atoms with E-state index in [0.29, 0.717) is 0 Å². The molecular weight excluding hydrogens is 238 g/mol. The highest BCUT2D eigenvalue weighted by Gasteiger charge is 2.31. The molecule has 1 fully saturated rings. The van der Waals surface area contributed by atoms with Gasteiger partial charge < -0.3 is 14.8 Å². The van der Waals surface area contributed by atoms with Gasteiger partial charge in [-0.15, -0.1) is 0 Å². The summed E-state index contributed by atoms with van der Waals surface area (Å²) in [5.41, 5.74) is 2.47. The molecule has 0 saturated heterocycles. The lowest BCUT2D eigenvalue weighted by molar-refractivity contribution is 0.254. The quantitative estimate of drug-likeness (QED) is 0.884. The summed E-state index contributed by atoms with van der Waals surface area (Å²) in [7, 11) is 1.74. The Kier molecular flexibility index (Phi) is 3.40. The molecule has 19 heavy (non-hydrogen) atoms. The van der Waals surface area contributed by atoms with Crippen molar-refractivity contribution in [2.75, 3.05) is 13.7 Å². The van der Waals surface area contributed by atoms with Gasteiger partial charge in [-0.3, -0.25) is 0 Å². The zero-order valence-electron chi connectivity index (χ0n) is 12.0. The summed E-state index contributed by atoms with van der Waals surface area (Å²) in [5, 5.41) is 3.54. The van der Waals surface area contributed by atoms with E-state index in [-0.39, 0.29) is 6.10 Å². The fourth-order valence-corrected chi connectivity index (χ4v) is 2.89. The molecule has 0 amide bonds. The van der Waals surface area contributed by atoms with Crippen molar-refractivity contribution in [1.29, 1.82) is 0 Å². The Hall–Kier alpha value is -1.22. The Morgan fingerprint density at radius 3 is 2.84 bits per heavy atom. The van der Waals surface area contributed by atoms with Crippen LogP contribution in [0, 0.1) is 11.8 Å². The van der Waals surface area contributed by atoms with Crippen molar-refractivity contribution >= 4 is 0 Å². The Bertz CT molecular complexity index is 472. The fourth-order valence-electron chi connectivity index (χ4n) is 2.89. The second-order valence-corrected chi connectivity index (χ2v) is 6.01. The predicted octanol–water partition coefficient (Wildman–Crippen LogP) is 2.76. The zero-order valence-corrected chi connectivity index (χ0v) is 12.0. The summed E-state index contributed by atoms with van der Waals surface area (Å²) in [6.07, 6.45) is 2.64. The molecule has 3 heteroatoms. The molecule has 0 radical (unpaired) electrons. The lowest BCUT2D eigenvalue weighted by Gasteiger charge is -2.12. The molecule has 1 N–H and O–H groups in total. The minimum atomic E-state index is 0.287. The summed E-state index contributed by atoms with van der Waals surface area (Å²) >= 11 is 0. The predicted molar refractivity (Wildman–Crippen MR) is 75.8 cm³/mol. The van der Waals surface area contributed by atoms with Crippen LogP contribution in [0.15, 0.2) is 12.1 Å². The number of hydrogen-bond acceptors (Lipinski definition) is 3. The lowest BCUT2D eigenvalue weighted by Crippen LogP contribution is -2.17. The topological polar surface area (TPSA) is 30.5 Å². The first kappa shape index (κ1) is 12.8. The van der Waals surface area contributed by atoms with Gasteiger partial charge in [-0.2, -0.15) is 0 Å². The van der Waals surface area contributed by atoms with E-state index in [4.69, 9.17) is 9.47 Å². The van der Waals surface area contributed by atoms with Gasteiger partial charge in [0.05, 0.1) is 7.11 Å². The maximum Gasteiger partial charge on any atom is 0.123 e.